The minimum atomic E-state index is -4.78. The van der Waals surface area contributed by atoms with Crippen molar-refractivity contribution in [3.05, 3.63) is 28.0 Å². The van der Waals surface area contributed by atoms with Crippen molar-refractivity contribution in [3.63, 3.8) is 0 Å². The van der Waals surface area contributed by atoms with Gasteiger partial charge < -0.3 is 5.11 Å². The third-order valence-corrected chi connectivity index (χ3v) is 1.96. The summed E-state index contributed by atoms with van der Waals surface area (Å²) in [4.78, 5) is 3.39. The zero-order valence-electron chi connectivity index (χ0n) is 6.52. The average Bonchev–Trinajstić information content (AvgIpc) is 2.06. The Bertz CT molecular complexity index is 342. The quantitative estimate of drug-likeness (QED) is 0.772. The maximum atomic E-state index is 12.1. The summed E-state index contributed by atoms with van der Waals surface area (Å²) in [5.41, 5.74) is -0.549. The molecule has 14 heavy (non-hydrogen) atoms. The first-order chi connectivity index (χ1) is 6.32. The van der Waals surface area contributed by atoms with Crippen molar-refractivity contribution in [2.75, 3.05) is 0 Å². The van der Waals surface area contributed by atoms with E-state index in [0.29, 0.717) is 0 Å². The molecule has 1 atom stereocenters. The lowest BCUT2D eigenvalue weighted by atomic mass is 10.1. The summed E-state index contributed by atoms with van der Waals surface area (Å²) in [6, 6.07) is 0.926. The summed E-state index contributed by atoms with van der Waals surface area (Å²) >= 11 is 10.8. The van der Waals surface area contributed by atoms with Crippen molar-refractivity contribution < 1.29 is 18.3 Å². The predicted octanol–water partition coefficient (Wildman–Crippen LogP) is 2.98. The molecule has 1 aromatic heterocycles. The van der Waals surface area contributed by atoms with E-state index in [4.69, 9.17) is 28.3 Å². The van der Waals surface area contributed by atoms with Gasteiger partial charge in [0.1, 0.15) is 5.15 Å². The zero-order chi connectivity index (χ0) is 10.9. The van der Waals surface area contributed by atoms with E-state index in [9.17, 15) is 13.2 Å². The van der Waals surface area contributed by atoms with Crippen LogP contribution in [-0.4, -0.2) is 16.3 Å². The summed E-state index contributed by atoms with van der Waals surface area (Å²) in [5, 5.41) is 8.42. The van der Waals surface area contributed by atoms with E-state index in [2.05, 4.69) is 4.98 Å². The molecule has 0 fully saturated rings. The maximum absolute atomic E-state index is 12.1. The van der Waals surface area contributed by atoms with Crippen LogP contribution in [0.4, 0.5) is 13.2 Å². The van der Waals surface area contributed by atoms with Gasteiger partial charge in [0.25, 0.3) is 0 Å². The SMILES string of the molecule is OC(c1cc(Cl)cnc1Cl)C(F)(F)F. The summed E-state index contributed by atoms with van der Waals surface area (Å²) in [6.07, 6.45) is -6.35. The molecule has 1 unspecified atom stereocenters. The van der Waals surface area contributed by atoms with Gasteiger partial charge in [-0.2, -0.15) is 13.2 Å². The lowest BCUT2D eigenvalue weighted by molar-refractivity contribution is -0.206. The van der Waals surface area contributed by atoms with Crippen molar-refractivity contribution >= 4 is 23.2 Å². The van der Waals surface area contributed by atoms with Crippen molar-refractivity contribution in [1.82, 2.24) is 4.98 Å². The smallest absolute Gasteiger partial charge is 0.379 e. The molecule has 78 valence electrons. The van der Waals surface area contributed by atoms with Gasteiger partial charge in [-0.25, -0.2) is 4.98 Å². The molecule has 1 aromatic rings. The average molecular weight is 246 g/mol. The van der Waals surface area contributed by atoms with Gasteiger partial charge in [0.05, 0.1) is 5.02 Å². The summed E-state index contributed by atoms with van der Waals surface area (Å²) < 4.78 is 36.2. The van der Waals surface area contributed by atoms with Crippen LogP contribution in [0.15, 0.2) is 12.3 Å². The molecule has 0 amide bonds. The van der Waals surface area contributed by atoms with Crippen molar-refractivity contribution in [2.24, 2.45) is 0 Å². The highest BCUT2D eigenvalue weighted by atomic mass is 35.5. The highest BCUT2D eigenvalue weighted by molar-refractivity contribution is 6.32. The van der Waals surface area contributed by atoms with Gasteiger partial charge >= 0.3 is 6.18 Å². The number of hydrogen-bond acceptors (Lipinski definition) is 2. The number of halogens is 5. The molecule has 1 N–H and O–H groups in total. The lowest BCUT2D eigenvalue weighted by Crippen LogP contribution is -2.20. The van der Waals surface area contributed by atoms with Crippen molar-refractivity contribution in [1.29, 1.82) is 0 Å². The number of hydrogen-bond donors (Lipinski definition) is 1. The molecule has 0 aliphatic carbocycles. The number of aliphatic hydroxyl groups excluding tert-OH is 1. The van der Waals surface area contributed by atoms with Crippen LogP contribution in [0.5, 0.6) is 0 Å². The first-order valence-corrected chi connectivity index (χ1v) is 4.13. The monoisotopic (exact) mass is 245 g/mol. The van der Waals surface area contributed by atoms with E-state index >= 15 is 0 Å². The Balaban J connectivity index is 3.12. The highest BCUT2D eigenvalue weighted by Crippen LogP contribution is 2.35. The molecule has 0 bridgehead atoms. The Kier molecular flexibility index (Phi) is 3.24. The molecule has 0 aliphatic heterocycles. The fraction of sp³-hybridized carbons (Fsp3) is 0.286. The molecular weight excluding hydrogens is 242 g/mol. The van der Waals surface area contributed by atoms with Crippen LogP contribution < -0.4 is 0 Å². The van der Waals surface area contributed by atoms with E-state index in [1.54, 1.807) is 0 Å². The molecule has 0 saturated heterocycles. The molecule has 0 aliphatic rings. The maximum Gasteiger partial charge on any atom is 0.418 e. The lowest BCUT2D eigenvalue weighted by Gasteiger charge is -2.15. The van der Waals surface area contributed by atoms with Crippen LogP contribution in [0.3, 0.4) is 0 Å². The zero-order valence-corrected chi connectivity index (χ0v) is 8.03. The Labute approximate surface area is 87.3 Å². The second-order valence-corrected chi connectivity index (χ2v) is 3.27. The first-order valence-electron chi connectivity index (χ1n) is 3.38. The molecule has 0 aromatic carbocycles. The van der Waals surface area contributed by atoms with Crippen LogP contribution in [0, 0.1) is 0 Å². The van der Waals surface area contributed by atoms with Gasteiger partial charge in [0.15, 0.2) is 6.10 Å². The minimum absolute atomic E-state index is 0.0206. The Morgan fingerprint density at radius 2 is 1.93 bits per heavy atom. The molecule has 0 radical (unpaired) electrons. The Hall–Kier alpha value is -0.520. The van der Waals surface area contributed by atoms with E-state index in [-0.39, 0.29) is 5.02 Å². The van der Waals surface area contributed by atoms with E-state index in [1.807, 2.05) is 0 Å². The number of rotatable bonds is 1. The standard InChI is InChI=1S/C7H4Cl2F3NO/c8-3-1-4(6(9)13-2-3)5(14)7(10,11)12/h1-2,5,14H. The molecule has 1 rings (SSSR count). The van der Waals surface area contributed by atoms with Gasteiger partial charge in [-0.3, -0.25) is 0 Å². The Morgan fingerprint density at radius 1 is 1.36 bits per heavy atom. The molecule has 7 heteroatoms. The second kappa shape index (κ2) is 3.92. The summed E-state index contributed by atoms with van der Waals surface area (Å²) in [6.45, 7) is 0. The van der Waals surface area contributed by atoms with E-state index < -0.39 is 23.0 Å². The number of aromatic nitrogens is 1. The summed E-state index contributed by atoms with van der Waals surface area (Å²) in [7, 11) is 0. The first kappa shape index (κ1) is 11.6. The number of alkyl halides is 3. The number of pyridine rings is 1. The summed E-state index contributed by atoms with van der Waals surface area (Å²) in [5.74, 6) is 0. The fourth-order valence-corrected chi connectivity index (χ4v) is 1.18. The number of nitrogens with zero attached hydrogens (tertiary/aromatic N) is 1. The predicted molar refractivity (Wildman–Crippen MR) is 45.3 cm³/mol. The van der Waals surface area contributed by atoms with Gasteiger partial charge in [0.2, 0.25) is 0 Å². The third-order valence-electron chi connectivity index (χ3n) is 1.44. The van der Waals surface area contributed by atoms with Crippen LogP contribution in [0.25, 0.3) is 0 Å². The molecule has 0 saturated carbocycles. The van der Waals surface area contributed by atoms with Crippen LogP contribution in [-0.2, 0) is 0 Å². The largest absolute Gasteiger partial charge is 0.418 e. The van der Waals surface area contributed by atoms with Gasteiger partial charge in [-0.15, -0.1) is 0 Å². The third kappa shape index (κ3) is 2.50. The van der Waals surface area contributed by atoms with Gasteiger partial charge in [-0.1, -0.05) is 23.2 Å². The van der Waals surface area contributed by atoms with Crippen LogP contribution in [0.1, 0.15) is 11.7 Å². The van der Waals surface area contributed by atoms with E-state index in [0.717, 1.165) is 12.3 Å². The van der Waals surface area contributed by atoms with Crippen LogP contribution >= 0.6 is 23.2 Å². The normalized spacial score (nSPS) is 14.1. The van der Waals surface area contributed by atoms with Crippen molar-refractivity contribution in [2.45, 2.75) is 12.3 Å². The van der Waals surface area contributed by atoms with Gasteiger partial charge in [-0.05, 0) is 6.07 Å². The molecule has 0 spiro atoms. The van der Waals surface area contributed by atoms with Crippen molar-refractivity contribution in [3.8, 4) is 0 Å². The molecular formula is C7H4Cl2F3NO. The fourth-order valence-electron chi connectivity index (χ4n) is 0.806. The molecule has 2 nitrogen and oxygen atoms in total. The Morgan fingerprint density at radius 3 is 2.43 bits per heavy atom. The second-order valence-electron chi connectivity index (χ2n) is 2.48. The van der Waals surface area contributed by atoms with E-state index in [1.165, 1.54) is 0 Å². The van der Waals surface area contributed by atoms with Gasteiger partial charge in [0, 0.05) is 11.8 Å². The topological polar surface area (TPSA) is 33.1 Å². The van der Waals surface area contributed by atoms with Crippen LogP contribution in [0.2, 0.25) is 10.2 Å². The number of aliphatic hydroxyl groups is 1. The molecule has 1 heterocycles. The minimum Gasteiger partial charge on any atom is -0.379 e. The highest BCUT2D eigenvalue weighted by Gasteiger charge is 2.40.